The molecule has 0 spiro atoms. The molecule has 0 radical (unpaired) electrons. The van der Waals surface area contributed by atoms with Crippen molar-refractivity contribution in [3.63, 3.8) is 0 Å². The molecule has 0 unspecified atom stereocenters. The highest BCUT2D eigenvalue weighted by Crippen LogP contribution is 2.24. The maximum atomic E-state index is 4.64. The fourth-order valence-electron chi connectivity index (χ4n) is 2.52. The van der Waals surface area contributed by atoms with Crippen LogP contribution in [0.3, 0.4) is 0 Å². The van der Waals surface area contributed by atoms with Crippen LogP contribution in [0.1, 0.15) is 22.4 Å². The Labute approximate surface area is 132 Å². The Morgan fingerprint density at radius 2 is 1.36 bits per heavy atom. The van der Waals surface area contributed by atoms with E-state index in [0.717, 1.165) is 17.0 Å². The lowest BCUT2D eigenvalue weighted by molar-refractivity contribution is 1.20. The van der Waals surface area contributed by atoms with E-state index in [1.165, 1.54) is 16.7 Å². The molecule has 0 bridgehead atoms. The van der Waals surface area contributed by atoms with E-state index in [1.54, 1.807) is 0 Å². The van der Waals surface area contributed by atoms with Crippen LogP contribution in [0, 0.1) is 13.8 Å². The standard InChI is InChI=1S/C21H19N/c1-16-8-3-4-10-18(16)14-15-19-11-5-6-12-20(19)21-13-7-9-17(2)22-21/h3-15H,1-2H3. The molecule has 0 aliphatic carbocycles. The Bertz CT molecular complexity index is 815. The summed E-state index contributed by atoms with van der Waals surface area (Å²) in [4.78, 5) is 4.64. The predicted molar refractivity (Wildman–Crippen MR) is 94.5 cm³/mol. The summed E-state index contributed by atoms with van der Waals surface area (Å²) in [5, 5.41) is 0. The van der Waals surface area contributed by atoms with Crippen LogP contribution in [0.25, 0.3) is 23.4 Å². The van der Waals surface area contributed by atoms with Gasteiger partial charge in [-0.15, -0.1) is 0 Å². The van der Waals surface area contributed by atoms with E-state index in [-0.39, 0.29) is 0 Å². The third-order valence-corrected chi connectivity index (χ3v) is 3.76. The molecule has 0 aliphatic heterocycles. The van der Waals surface area contributed by atoms with E-state index < -0.39 is 0 Å². The molecule has 2 aromatic carbocycles. The van der Waals surface area contributed by atoms with Crippen molar-refractivity contribution >= 4 is 12.2 Å². The molecule has 0 saturated heterocycles. The summed E-state index contributed by atoms with van der Waals surface area (Å²) in [7, 11) is 0. The Balaban J connectivity index is 2.00. The van der Waals surface area contributed by atoms with Gasteiger partial charge in [-0.3, -0.25) is 4.98 Å². The highest BCUT2D eigenvalue weighted by molar-refractivity contribution is 5.80. The van der Waals surface area contributed by atoms with Crippen molar-refractivity contribution in [1.29, 1.82) is 0 Å². The van der Waals surface area contributed by atoms with E-state index in [2.05, 4.69) is 84.7 Å². The number of aryl methyl sites for hydroxylation is 2. The van der Waals surface area contributed by atoms with Crippen molar-refractivity contribution in [2.45, 2.75) is 13.8 Å². The minimum atomic E-state index is 1.02. The van der Waals surface area contributed by atoms with Crippen LogP contribution in [-0.4, -0.2) is 4.98 Å². The van der Waals surface area contributed by atoms with Gasteiger partial charge >= 0.3 is 0 Å². The van der Waals surface area contributed by atoms with E-state index in [0.29, 0.717) is 0 Å². The van der Waals surface area contributed by atoms with Crippen LogP contribution in [0.2, 0.25) is 0 Å². The van der Waals surface area contributed by atoms with Crippen LogP contribution in [0.15, 0.2) is 66.7 Å². The molecule has 1 nitrogen and oxygen atoms in total. The summed E-state index contributed by atoms with van der Waals surface area (Å²) in [6.07, 6.45) is 4.34. The number of nitrogens with zero attached hydrogens (tertiary/aromatic N) is 1. The normalized spacial score (nSPS) is 11.0. The monoisotopic (exact) mass is 285 g/mol. The predicted octanol–water partition coefficient (Wildman–Crippen LogP) is 5.54. The first-order valence-electron chi connectivity index (χ1n) is 7.51. The fourth-order valence-corrected chi connectivity index (χ4v) is 2.52. The van der Waals surface area contributed by atoms with Gasteiger partial charge in [-0.2, -0.15) is 0 Å². The van der Waals surface area contributed by atoms with E-state index in [1.807, 2.05) is 13.0 Å². The maximum absolute atomic E-state index is 4.64. The quantitative estimate of drug-likeness (QED) is 0.576. The van der Waals surface area contributed by atoms with Gasteiger partial charge in [0, 0.05) is 11.3 Å². The number of pyridine rings is 1. The number of hydrogen-bond acceptors (Lipinski definition) is 1. The highest BCUT2D eigenvalue weighted by atomic mass is 14.7. The van der Waals surface area contributed by atoms with Gasteiger partial charge in [-0.25, -0.2) is 0 Å². The molecule has 0 fully saturated rings. The summed E-state index contributed by atoms with van der Waals surface area (Å²) in [5.41, 5.74) is 6.93. The molecular weight excluding hydrogens is 266 g/mol. The topological polar surface area (TPSA) is 12.9 Å². The number of hydrogen-bond donors (Lipinski definition) is 0. The van der Waals surface area contributed by atoms with Crippen molar-refractivity contribution in [2.24, 2.45) is 0 Å². The molecule has 0 saturated carbocycles. The molecule has 0 amide bonds. The molecular formula is C21H19N. The summed E-state index contributed by atoms with van der Waals surface area (Å²) < 4.78 is 0. The first-order chi connectivity index (χ1) is 10.7. The van der Waals surface area contributed by atoms with Gasteiger partial charge in [-0.1, -0.05) is 66.7 Å². The summed E-state index contributed by atoms with van der Waals surface area (Å²) >= 11 is 0. The van der Waals surface area contributed by atoms with Crippen LogP contribution in [0.4, 0.5) is 0 Å². The SMILES string of the molecule is Cc1cccc(-c2ccccc2C=Cc2ccccc2C)n1. The Morgan fingerprint density at radius 1 is 0.682 bits per heavy atom. The minimum Gasteiger partial charge on any atom is -0.253 e. The van der Waals surface area contributed by atoms with Gasteiger partial charge in [0.1, 0.15) is 0 Å². The maximum Gasteiger partial charge on any atom is 0.0711 e. The summed E-state index contributed by atoms with van der Waals surface area (Å²) in [5.74, 6) is 0. The molecule has 0 atom stereocenters. The molecule has 3 rings (SSSR count). The highest BCUT2D eigenvalue weighted by Gasteiger charge is 2.03. The third-order valence-electron chi connectivity index (χ3n) is 3.76. The summed E-state index contributed by atoms with van der Waals surface area (Å²) in [6, 6.07) is 22.9. The zero-order chi connectivity index (χ0) is 15.4. The van der Waals surface area contributed by atoms with Crippen LogP contribution < -0.4 is 0 Å². The molecule has 1 aromatic heterocycles. The lowest BCUT2D eigenvalue weighted by atomic mass is 10.0. The van der Waals surface area contributed by atoms with Crippen molar-refractivity contribution in [1.82, 2.24) is 4.98 Å². The lowest BCUT2D eigenvalue weighted by Gasteiger charge is -2.06. The first kappa shape index (κ1) is 14.3. The van der Waals surface area contributed by atoms with Gasteiger partial charge in [0.2, 0.25) is 0 Å². The van der Waals surface area contributed by atoms with Gasteiger partial charge < -0.3 is 0 Å². The minimum absolute atomic E-state index is 1.02. The lowest BCUT2D eigenvalue weighted by Crippen LogP contribution is -1.89. The third kappa shape index (κ3) is 3.15. The van der Waals surface area contributed by atoms with Gasteiger partial charge in [0.05, 0.1) is 5.69 Å². The number of rotatable bonds is 3. The fraction of sp³-hybridized carbons (Fsp3) is 0.0952. The van der Waals surface area contributed by atoms with Crippen LogP contribution >= 0.6 is 0 Å². The second kappa shape index (κ2) is 6.40. The molecule has 3 aromatic rings. The largest absolute Gasteiger partial charge is 0.253 e. The molecule has 0 N–H and O–H groups in total. The second-order valence-electron chi connectivity index (χ2n) is 5.44. The van der Waals surface area contributed by atoms with Gasteiger partial charge in [-0.05, 0) is 42.7 Å². The smallest absolute Gasteiger partial charge is 0.0711 e. The zero-order valence-corrected chi connectivity index (χ0v) is 13.0. The Morgan fingerprint density at radius 3 is 2.14 bits per heavy atom. The van der Waals surface area contributed by atoms with Crippen LogP contribution in [-0.2, 0) is 0 Å². The van der Waals surface area contributed by atoms with Gasteiger partial charge in [0.25, 0.3) is 0 Å². The van der Waals surface area contributed by atoms with Crippen molar-refractivity contribution in [3.8, 4) is 11.3 Å². The van der Waals surface area contributed by atoms with Crippen molar-refractivity contribution in [2.75, 3.05) is 0 Å². The molecule has 1 heterocycles. The summed E-state index contributed by atoms with van der Waals surface area (Å²) in [6.45, 7) is 4.16. The Kier molecular flexibility index (Phi) is 4.15. The average Bonchev–Trinajstić information content (AvgIpc) is 2.54. The molecule has 0 aliphatic rings. The molecule has 108 valence electrons. The second-order valence-corrected chi connectivity index (χ2v) is 5.44. The average molecular weight is 285 g/mol. The van der Waals surface area contributed by atoms with E-state index in [4.69, 9.17) is 0 Å². The van der Waals surface area contributed by atoms with Crippen molar-refractivity contribution in [3.05, 3.63) is 89.1 Å². The van der Waals surface area contributed by atoms with Crippen LogP contribution in [0.5, 0.6) is 0 Å². The molecule has 22 heavy (non-hydrogen) atoms. The number of aromatic nitrogens is 1. The Hall–Kier alpha value is -2.67. The van der Waals surface area contributed by atoms with Gasteiger partial charge in [0.15, 0.2) is 0 Å². The zero-order valence-electron chi connectivity index (χ0n) is 13.0. The molecule has 1 heteroatoms. The van der Waals surface area contributed by atoms with E-state index in [9.17, 15) is 0 Å². The number of benzene rings is 2. The van der Waals surface area contributed by atoms with E-state index >= 15 is 0 Å². The van der Waals surface area contributed by atoms with Crippen molar-refractivity contribution < 1.29 is 0 Å². The first-order valence-corrected chi connectivity index (χ1v) is 7.51.